The molecule has 3 aromatic carbocycles. The smallest absolute Gasteiger partial charge is 0.326 e. The number of ether oxygens (including phenoxy) is 1. The zero-order chi connectivity index (χ0) is 24.2. The van der Waals surface area contributed by atoms with E-state index in [1.165, 1.54) is 29.4 Å². The molecule has 1 aliphatic carbocycles. The van der Waals surface area contributed by atoms with E-state index in [0.29, 0.717) is 24.8 Å². The Balaban J connectivity index is 1.22. The van der Waals surface area contributed by atoms with Gasteiger partial charge in [0.25, 0.3) is 0 Å². The summed E-state index contributed by atoms with van der Waals surface area (Å²) in [6.45, 7) is 0.690. The van der Waals surface area contributed by atoms with Crippen molar-refractivity contribution in [3.8, 4) is 11.1 Å². The number of methoxy groups -OCH3 is 1. The molecule has 5 nitrogen and oxygen atoms in total. The minimum absolute atomic E-state index is 0.0895. The fraction of sp³-hybridized carbons (Fsp3) is 0.333. The van der Waals surface area contributed by atoms with E-state index < -0.39 is 0 Å². The summed E-state index contributed by atoms with van der Waals surface area (Å²) in [6.07, 6.45) is 5.83. The number of urea groups is 1. The lowest BCUT2D eigenvalue weighted by molar-refractivity contribution is -0.142. The highest BCUT2D eigenvalue weighted by Crippen LogP contribution is 2.38. The van der Waals surface area contributed by atoms with Gasteiger partial charge in [0, 0.05) is 24.3 Å². The zero-order valence-electron chi connectivity index (χ0n) is 20.2. The number of anilines is 2. The first kappa shape index (κ1) is 23.2. The van der Waals surface area contributed by atoms with E-state index in [1.54, 1.807) is 0 Å². The van der Waals surface area contributed by atoms with Crippen molar-refractivity contribution < 1.29 is 14.3 Å². The lowest BCUT2D eigenvalue weighted by atomic mass is 9.77. The van der Waals surface area contributed by atoms with Crippen LogP contribution < -0.4 is 10.2 Å². The van der Waals surface area contributed by atoms with Crippen LogP contribution in [0, 0.1) is 5.92 Å². The molecule has 1 heterocycles. The second-order valence-electron chi connectivity index (χ2n) is 9.66. The van der Waals surface area contributed by atoms with Crippen molar-refractivity contribution in [2.45, 2.75) is 44.4 Å². The third-order valence-corrected chi connectivity index (χ3v) is 7.49. The second-order valence-corrected chi connectivity index (χ2v) is 9.66. The molecule has 35 heavy (non-hydrogen) atoms. The molecule has 0 aromatic heterocycles. The predicted octanol–water partition coefficient (Wildman–Crippen LogP) is 6.79. The molecule has 2 aliphatic rings. The van der Waals surface area contributed by atoms with Crippen LogP contribution >= 0.6 is 0 Å². The van der Waals surface area contributed by atoms with Crippen LogP contribution in [0.5, 0.6) is 0 Å². The lowest BCUT2D eigenvalue weighted by Gasteiger charge is -2.28. The number of para-hydroxylation sites is 1. The number of carbonyl (C=O) groups is 2. The Bertz CT molecular complexity index is 1180. The third-order valence-electron chi connectivity index (χ3n) is 7.49. The van der Waals surface area contributed by atoms with Crippen molar-refractivity contribution in [3.63, 3.8) is 0 Å². The number of esters is 1. The van der Waals surface area contributed by atoms with Gasteiger partial charge in [-0.1, -0.05) is 48.5 Å². The lowest BCUT2D eigenvalue weighted by Crippen LogP contribution is -2.33. The van der Waals surface area contributed by atoms with E-state index in [2.05, 4.69) is 47.8 Å². The van der Waals surface area contributed by atoms with Crippen LogP contribution in [0.4, 0.5) is 16.2 Å². The van der Waals surface area contributed by atoms with Gasteiger partial charge in [-0.15, -0.1) is 0 Å². The van der Waals surface area contributed by atoms with Gasteiger partial charge in [-0.2, -0.15) is 0 Å². The number of benzene rings is 3. The second kappa shape index (κ2) is 10.3. The molecule has 3 aromatic rings. The maximum Gasteiger partial charge on any atom is 0.326 e. The molecule has 0 radical (unpaired) electrons. The summed E-state index contributed by atoms with van der Waals surface area (Å²) in [5.74, 6) is 0.931. The van der Waals surface area contributed by atoms with E-state index in [0.717, 1.165) is 43.5 Å². The van der Waals surface area contributed by atoms with Crippen molar-refractivity contribution in [1.82, 2.24) is 0 Å². The number of amides is 2. The molecule has 0 saturated heterocycles. The molecule has 1 aliphatic heterocycles. The van der Waals surface area contributed by atoms with Gasteiger partial charge in [0.1, 0.15) is 0 Å². The summed E-state index contributed by atoms with van der Waals surface area (Å²) in [5, 5.41) is 2.99. The van der Waals surface area contributed by atoms with Gasteiger partial charge >= 0.3 is 12.0 Å². The maximum atomic E-state index is 12.8. The van der Waals surface area contributed by atoms with E-state index in [4.69, 9.17) is 4.74 Å². The summed E-state index contributed by atoms with van der Waals surface area (Å²) in [5.41, 5.74) is 6.77. The molecule has 0 spiro atoms. The van der Waals surface area contributed by atoms with Gasteiger partial charge in [-0.05, 0) is 90.5 Å². The molecule has 180 valence electrons. The van der Waals surface area contributed by atoms with Gasteiger partial charge in [0.15, 0.2) is 0 Å². The minimum atomic E-state index is -0.0907. The van der Waals surface area contributed by atoms with E-state index in [1.807, 2.05) is 35.2 Å². The van der Waals surface area contributed by atoms with Crippen molar-refractivity contribution >= 4 is 23.4 Å². The molecular formula is C30H32N2O3. The first-order chi connectivity index (χ1) is 17.1. The Morgan fingerprint density at radius 2 is 1.63 bits per heavy atom. The van der Waals surface area contributed by atoms with Gasteiger partial charge in [-0.3, -0.25) is 9.69 Å². The van der Waals surface area contributed by atoms with E-state index >= 15 is 0 Å². The maximum absolute atomic E-state index is 12.8. The van der Waals surface area contributed by atoms with Crippen molar-refractivity contribution in [1.29, 1.82) is 0 Å². The number of fused-ring (bicyclic) bond motifs is 1. The molecule has 1 fully saturated rings. The number of hydrogen-bond acceptors (Lipinski definition) is 3. The summed E-state index contributed by atoms with van der Waals surface area (Å²) in [7, 11) is 1.47. The number of hydrogen-bond donors (Lipinski definition) is 1. The highest BCUT2D eigenvalue weighted by molar-refractivity contribution is 6.03. The monoisotopic (exact) mass is 468 g/mol. The first-order valence-corrected chi connectivity index (χ1v) is 12.5. The Labute approximate surface area is 207 Å². The molecule has 1 N–H and O–H groups in total. The van der Waals surface area contributed by atoms with Crippen LogP contribution in [0.3, 0.4) is 0 Å². The van der Waals surface area contributed by atoms with Crippen molar-refractivity contribution in [2.75, 3.05) is 23.9 Å². The molecular weight excluding hydrogens is 436 g/mol. The first-order valence-electron chi connectivity index (χ1n) is 12.5. The van der Waals surface area contributed by atoms with Crippen LogP contribution in [0.15, 0.2) is 72.8 Å². The standard InChI is InChI=1S/C30H32N2O3/c1-35-29(33)19-21-7-9-22(10-8-21)23-11-13-24(14-12-23)25-15-16-28-26(20-25)17-18-32(28)30(34)31-27-5-3-2-4-6-27/h2-6,11-16,20-22H,7-10,17-19H2,1H3,(H,31,34). The number of nitrogens with zero attached hydrogens (tertiary/aromatic N) is 1. The minimum Gasteiger partial charge on any atom is -0.469 e. The molecule has 0 atom stereocenters. The van der Waals surface area contributed by atoms with E-state index in [-0.39, 0.29) is 12.0 Å². The number of rotatable bonds is 5. The van der Waals surface area contributed by atoms with E-state index in [9.17, 15) is 9.59 Å². The molecule has 0 bridgehead atoms. The Morgan fingerprint density at radius 1 is 0.914 bits per heavy atom. The fourth-order valence-corrected chi connectivity index (χ4v) is 5.47. The van der Waals surface area contributed by atoms with Crippen LogP contribution in [0.25, 0.3) is 11.1 Å². The van der Waals surface area contributed by atoms with Crippen LogP contribution in [-0.4, -0.2) is 25.7 Å². The van der Waals surface area contributed by atoms with Crippen molar-refractivity contribution in [3.05, 3.63) is 83.9 Å². The van der Waals surface area contributed by atoms with Crippen LogP contribution in [-0.2, 0) is 16.0 Å². The Hall–Kier alpha value is -3.60. The summed E-state index contributed by atoms with van der Waals surface area (Å²) >= 11 is 0. The zero-order valence-corrected chi connectivity index (χ0v) is 20.2. The topological polar surface area (TPSA) is 58.6 Å². The molecule has 5 rings (SSSR count). The highest BCUT2D eigenvalue weighted by atomic mass is 16.5. The normalized spacial score (nSPS) is 19.2. The van der Waals surface area contributed by atoms with Gasteiger partial charge in [0.2, 0.25) is 0 Å². The Morgan fingerprint density at radius 3 is 2.34 bits per heavy atom. The SMILES string of the molecule is COC(=O)CC1CCC(c2ccc(-c3ccc4c(c3)CCN4C(=O)Nc3ccccc3)cc2)CC1. The van der Waals surface area contributed by atoms with Gasteiger partial charge in [0.05, 0.1) is 7.11 Å². The van der Waals surface area contributed by atoms with Crippen LogP contribution in [0.2, 0.25) is 0 Å². The predicted molar refractivity (Wildman–Crippen MR) is 140 cm³/mol. The van der Waals surface area contributed by atoms with Crippen LogP contribution in [0.1, 0.15) is 49.1 Å². The molecule has 2 amide bonds. The number of nitrogens with one attached hydrogen (secondary N) is 1. The summed E-state index contributed by atoms with van der Waals surface area (Å²) in [6, 6.07) is 24.8. The molecule has 1 saturated carbocycles. The average molecular weight is 469 g/mol. The summed E-state index contributed by atoms with van der Waals surface area (Å²) < 4.78 is 4.83. The van der Waals surface area contributed by atoms with Crippen molar-refractivity contribution in [2.24, 2.45) is 5.92 Å². The molecule has 0 unspecified atom stereocenters. The third kappa shape index (κ3) is 5.24. The number of carbonyl (C=O) groups excluding carboxylic acids is 2. The Kier molecular flexibility index (Phi) is 6.84. The van der Waals surface area contributed by atoms with Gasteiger partial charge in [-0.25, -0.2) is 4.79 Å². The highest BCUT2D eigenvalue weighted by Gasteiger charge is 2.26. The quantitative estimate of drug-likeness (QED) is 0.420. The largest absolute Gasteiger partial charge is 0.469 e. The average Bonchev–Trinajstić information content (AvgIpc) is 3.33. The van der Waals surface area contributed by atoms with Gasteiger partial charge < -0.3 is 10.1 Å². The molecule has 5 heteroatoms. The fourth-order valence-electron chi connectivity index (χ4n) is 5.47. The summed E-state index contributed by atoms with van der Waals surface area (Å²) in [4.78, 5) is 26.2.